The molecule has 1 heterocycles. The van der Waals surface area contributed by atoms with E-state index in [1.54, 1.807) is 0 Å². The maximum Gasteiger partial charge on any atom is 0.328 e. The van der Waals surface area contributed by atoms with E-state index in [1.807, 2.05) is 20.1 Å². The average molecular weight is 487 g/mol. The van der Waals surface area contributed by atoms with Crippen LogP contribution in [0.15, 0.2) is 12.5 Å². The minimum absolute atomic E-state index is 0.0794. The van der Waals surface area contributed by atoms with Crippen LogP contribution >= 0.6 is 11.8 Å². The first-order valence-electron chi connectivity index (χ1n) is 10.6. The number of nitrogens with one attached hydrogen (secondary N) is 4. The summed E-state index contributed by atoms with van der Waals surface area (Å²) < 4.78 is 0. The highest BCUT2D eigenvalue weighted by atomic mass is 32.2. The monoisotopic (exact) mass is 486 g/mol. The summed E-state index contributed by atoms with van der Waals surface area (Å²) in [7, 11) is 0. The minimum Gasteiger partial charge on any atom is -0.480 e. The fraction of sp³-hybridized carbons (Fsp3) is 0.650. The zero-order valence-electron chi connectivity index (χ0n) is 19.0. The number of carboxylic acid groups (broad SMARTS) is 1. The van der Waals surface area contributed by atoms with Gasteiger partial charge in [-0.25, -0.2) is 9.78 Å². The van der Waals surface area contributed by atoms with Gasteiger partial charge in [0.1, 0.15) is 18.1 Å². The van der Waals surface area contributed by atoms with Crippen LogP contribution in [-0.2, 0) is 25.6 Å². The summed E-state index contributed by atoms with van der Waals surface area (Å²) in [6.45, 7) is 2.94. The molecule has 12 nitrogen and oxygen atoms in total. The van der Waals surface area contributed by atoms with Crippen molar-refractivity contribution in [3.05, 3.63) is 18.2 Å². The van der Waals surface area contributed by atoms with E-state index >= 15 is 0 Å². The zero-order valence-corrected chi connectivity index (χ0v) is 19.9. The molecule has 1 rings (SSSR count). The Morgan fingerprint density at radius 3 is 2.24 bits per heavy atom. The zero-order chi connectivity index (χ0) is 25.0. The summed E-state index contributed by atoms with van der Waals surface area (Å²) in [6, 6.07) is -4.43. The van der Waals surface area contributed by atoms with Crippen LogP contribution in [0.3, 0.4) is 0 Å². The number of imidazole rings is 1. The molecule has 0 radical (unpaired) electrons. The number of carbonyl (C=O) groups is 4. The van der Waals surface area contributed by atoms with Crippen molar-refractivity contribution in [3.63, 3.8) is 0 Å². The highest BCUT2D eigenvalue weighted by Crippen LogP contribution is 2.08. The Morgan fingerprint density at radius 2 is 1.73 bits per heavy atom. The molecule has 8 N–H and O–H groups in total. The van der Waals surface area contributed by atoms with E-state index in [1.165, 1.54) is 24.3 Å². The van der Waals surface area contributed by atoms with Gasteiger partial charge in [-0.2, -0.15) is 11.8 Å². The Labute approximate surface area is 196 Å². The lowest BCUT2D eigenvalue weighted by Gasteiger charge is -2.25. The summed E-state index contributed by atoms with van der Waals surface area (Å²) in [5.41, 5.74) is 6.58. The number of hydrogen-bond donors (Lipinski definition) is 7. The summed E-state index contributed by atoms with van der Waals surface area (Å²) >= 11 is 1.44. The van der Waals surface area contributed by atoms with Gasteiger partial charge in [0, 0.05) is 18.3 Å². The summed E-state index contributed by atoms with van der Waals surface area (Å²) in [5, 5.41) is 25.7. The van der Waals surface area contributed by atoms with E-state index in [0.29, 0.717) is 17.9 Å². The van der Waals surface area contributed by atoms with Gasteiger partial charge in [-0.15, -0.1) is 0 Å². The molecule has 186 valence electrons. The van der Waals surface area contributed by atoms with E-state index in [9.17, 15) is 24.3 Å². The number of amides is 3. The SMILES string of the molecule is CCC(C)C(N)C(=O)NC(Cc1cnc[nH]1)C(=O)NC(CCSC)C(=O)NC(CO)C(=O)O. The van der Waals surface area contributed by atoms with Crippen molar-refractivity contribution < 1.29 is 29.4 Å². The first-order chi connectivity index (χ1) is 15.6. The summed E-state index contributed by atoms with van der Waals surface area (Å²) in [4.78, 5) is 56.2. The second-order valence-corrected chi connectivity index (χ2v) is 8.66. The first kappa shape index (κ1) is 28.4. The van der Waals surface area contributed by atoms with Crippen molar-refractivity contribution in [1.82, 2.24) is 25.9 Å². The molecule has 0 saturated heterocycles. The molecule has 3 amide bonds. The smallest absolute Gasteiger partial charge is 0.328 e. The van der Waals surface area contributed by atoms with E-state index in [4.69, 9.17) is 10.8 Å². The number of carboxylic acids is 1. The number of hydrogen-bond acceptors (Lipinski definition) is 8. The van der Waals surface area contributed by atoms with Crippen molar-refractivity contribution in [1.29, 1.82) is 0 Å². The van der Waals surface area contributed by atoms with Crippen LogP contribution in [0.2, 0.25) is 0 Å². The molecule has 13 heteroatoms. The average Bonchev–Trinajstić information content (AvgIpc) is 3.31. The molecule has 5 unspecified atom stereocenters. The van der Waals surface area contributed by atoms with Crippen LogP contribution in [0.1, 0.15) is 32.4 Å². The highest BCUT2D eigenvalue weighted by Gasteiger charge is 2.31. The Hall–Kier alpha value is -2.64. The Kier molecular flexibility index (Phi) is 12.5. The molecule has 5 atom stereocenters. The van der Waals surface area contributed by atoms with Gasteiger partial charge in [0.05, 0.1) is 19.0 Å². The molecule has 0 aliphatic rings. The van der Waals surface area contributed by atoms with Gasteiger partial charge in [0.2, 0.25) is 17.7 Å². The summed E-state index contributed by atoms with van der Waals surface area (Å²) in [6.07, 6.45) is 5.74. The fourth-order valence-corrected chi connectivity index (χ4v) is 3.31. The van der Waals surface area contributed by atoms with Crippen molar-refractivity contribution in [2.24, 2.45) is 11.7 Å². The number of nitrogens with two attached hydrogens (primary N) is 1. The van der Waals surface area contributed by atoms with E-state index in [0.717, 1.165) is 0 Å². The van der Waals surface area contributed by atoms with Crippen LogP contribution in [0.5, 0.6) is 0 Å². The molecule has 0 spiro atoms. The van der Waals surface area contributed by atoms with Crippen LogP contribution in [0.25, 0.3) is 0 Å². The minimum atomic E-state index is -1.50. The number of carbonyl (C=O) groups excluding carboxylic acids is 3. The number of aliphatic carboxylic acids is 1. The quantitative estimate of drug-likeness (QED) is 0.156. The van der Waals surface area contributed by atoms with Crippen LogP contribution in [0, 0.1) is 5.92 Å². The number of aliphatic hydroxyl groups is 1. The Bertz CT molecular complexity index is 777. The van der Waals surface area contributed by atoms with Crippen LogP contribution in [-0.4, -0.2) is 86.7 Å². The predicted octanol–water partition coefficient (Wildman–Crippen LogP) is -1.39. The van der Waals surface area contributed by atoms with Gasteiger partial charge in [-0.05, 0) is 24.3 Å². The van der Waals surface area contributed by atoms with Gasteiger partial charge in [0.25, 0.3) is 0 Å². The number of aromatic amines is 1. The number of aliphatic hydroxyl groups excluding tert-OH is 1. The van der Waals surface area contributed by atoms with Crippen molar-refractivity contribution in [2.75, 3.05) is 18.6 Å². The van der Waals surface area contributed by atoms with Crippen LogP contribution in [0.4, 0.5) is 0 Å². The lowest BCUT2D eigenvalue weighted by molar-refractivity contribution is -0.143. The van der Waals surface area contributed by atoms with Gasteiger partial charge >= 0.3 is 5.97 Å². The van der Waals surface area contributed by atoms with Crippen LogP contribution < -0.4 is 21.7 Å². The molecule has 0 aliphatic carbocycles. The number of thioether (sulfide) groups is 1. The van der Waals surface area contributed by atoms with Crippen molar-refractivity contribution in [2.45, 2.75) is 57.3 Å². The number of H-pyrrole nitrogens is 1. The molecular formula is C20H34N6O6S. The van der Waals surface area contributed by atoms with Gasteiger partial charge in [0.15, 0.2) is 0 Å². The molecule has 0 fully saturated rings. The molecule has 0 aliphatic heterocycles. The third-order valence-corrected chi connectivity index (χ3v) is 5.86. The molecule has 0 saturated carbocycles. The number of rotatable bonds is 15. The van der Waals surface area contributed by atoms with Gasteiger partial charge < -0.3 is 36.9 Å². The molecule has 1 aromatic rings. The number of aromatic nitrogens is 2. The molecule has 33 heavy (non-hydrogen) atoms. The lowest BCUT2D eigenvalue weighted by Crippen LogP contribution is -2.58. The van der Waals surface area contributed by atoms with E-state index in [-0.39, 0.29) is 18.8 Å². The predicted molar refractivity (Wildman–Crippen MR) is 123 cm³/mol. The first-order valence-corrected chi connectivity index (χ1v) is 12.0. The normalized spacial score (nSPS) is 15.5. The molecule has 0 bridgehead atoms. The Morgan fingerprint density at radius 1 is 1.12 bits per heavy atom. The van der Waals surface area contributed by atoms with Crippen molar-refractivity contribution in [3.8, 4) is 0 Å². The standard InChI is InChI=1S/C20H34N6O6S/c1-4-11(2)16(21)19(30)25-14(7-12-8-22-10-23-12)18(29)24-13(5-6-33-3)17(28)26-15(9-27)20(31)32/h8,10-11,13-16,27H,4-7,9,21H2,1-3H3,(H,22,23)(H,24,29)(H,25,30)(H,26,28)(H,31,32). The highest BCUT2D eigenvalue weighted by molar-refractivity contribution is 7.98. The topological polar surface area (TPSA) is 200 Å². The van der Waals surface area contributed by atoms with Crippen molar-refractivity contribution >= 4 is 35.5 Å². The molecular weight excluding hydrogens is 452 g/mol. The van der Waals surface area contributed by atoms with E-state index < -0.39 is 54.5 Å². The molecule has 0 aromatic carbocycles. The number of nitrogens with zero attached hydrogens (tertiary/aromatic N) is 1. The maximum absolute atomic E-state index is 13.1. The third-order valence-electron chi connectivity index (χ3n) is 5.21. The lowest BCUT2D eigenvalue weighted by atomic mass is 9.98. The third kappa shape index (κ3) is 9.40. The fourth-order valence-electron chi connectivity index (χ4n) is 2.84. The molecule has 1 aromatic heterocycles. The second-order valence-electron chi connectivity index (χ2n) is 7.68. The van der Waals surface area contributed by atoms with Gasteiger partial charge in [-0.3, -0.25) is 14.4 Å². The van der Waals surface area contributed by atoms with E-state index in [2.05, 4.69) is 25.9 Å². The second kappa shape index (κ2) is 14.5. The largest absolute Gasteiger partial charge is 0.480 e. The Balaban J connectivity index is 3.01. The van der Waals surface area contributed by atoms with Gasteiger partial charge in [-0.1, -0.05) is 20.3 Å². The maximum atomic E-state index is 13.1. The summed E-state index contributed by atoms with van der Waals surface area (Å²) in [5.74, 6) is -2.88.